The van der Waals surface area contributed by atoms with E-state index in [0.29, 0.717) is 11.7 Å². The number of nitro benzene ring substituents is 1. The first-order valence-electron chi connectivity index (χ1n) is 9.42. The van der Waals surface area contributed by atoms with Crippen molar-refractivity contribution < 1.29 is 9.72 Å². The number of fused-ring (bicyclic) bond motifs is 3. The van der Waals surface area contributed by atoms with Gasteiger partial charge in [0.05, 0.1) is 10.7 Å². The molecule has 2 heterocycles. The summed E-state index contributed by atoms with van der Waals surface area (Å²) < 4.78 is 0. The van der Waals surface area contributed by atoms with Gasteiger partial charge in [-0.1, -0.05) is 17.7 Å². The van der Waals surface area contributed by atoms with E-state index in [2.05, 4.69) is 37.1 Å². The Kier molecular flexibility index (Phi) is 5.12. The van der Waals surface area contributed by atoms with E-state index in [1.807, 2.05) is 4.90 Å². The molecule has 2 aromatic carbocycles. The van der Waals surface area contributed by atoms with Crippen LogP contribution in [0.1, 0.15) is 23.5 Å². The number of amides is 1. The van der Waals surface area contributed by atoms with Gasteiger partial charge in [0.1, 0.15) is 0 Å². The molecule has 2 atom stereocenters. The molecule has 0 spiro atoms. The van der Waals surface area contributed by atoms with Gasteiger partial charge in [-0.2, -0.15) is 0 Å². The summed E-state index contributed by atoms with van der Waals surface area (Å²) in [4.78, 5) is 28.7. The molecule has 2 aliphatic rings. The summed E-state index contributed by atoms with van der Waals surface area (Å²) in [5.41, 5.74) is 3.62. The number of thioether (sulfide) groups is 1. The van der Waals surface area contributed by atoms with Crippen molar-refractivity contribution in [3.63, 3.8) is 0 Å². The van der Waals surface area contributed by atoms with Crippen LogP contribution in [-0.2, 0) is 4.79 Å². The maximum atomic E-state index is 13.2. The second-order valence-corrected chi connectivity index (χ2v) is 8.64. The van der Waals surface area contributed by atoms with Crippen LogP contribution in [0.2, 0.25) is 0 Å². The van der Waals surface area contributed by atoms with Crippen LogP contribution in [0.4, 0.5) is 11.4 Å². The predicted molar refractivity (Wildman–Crippen MR) is 111 cm³/mol. The van der Waals surface area contributed by atoms with Crippen LogP contribution < -0.4 is 4.90 Å². The Labute approximate surface area is 168 Å². The molecule has 0 radical (unpaired) electrons. The number of hydrogen-bond acceptors (Lipinski definition) is 5. The van der Waals surface area contributed by atoms with Gasteiger partial charge in [-0.05, 0) is 50.7 Å². The van der Waals surface area contributed by atoms with Gasteiger partial charge in [0.15, 0.2) is 0 Å². The lowest BCUT2D eigenvalue weighted by Crippen LogP contribution is -2.47. The van der Waals surface area contributed by atoms with Crippen LogP contribution in [0.3, 0.4) is 0 Å². The summed E-state index contributed by atoms with van der Waals surface area (Å²) in [6.45, 7) is 4.06. The molecule has 1 amide bonds. The minimum absolute atomic E-state index is 0.0636. The van der Waals surface area contributed by atoms with E-state index >= 15 is 0 Å². The summed E-state index contributed by atoms with van der Waals surface area (Å²) in [6.07, 6.45) is 0.975. The number of aryl methyl sites for hydroxylation is 1. The molecule has 2 aliphatic heterocycles. The third kappa shape index (κ3) is 3.52. The van der Waals surface area contributed by atoms with Crippen molar-refractivity contribution >= 4 is 29.0 Å². The number of nitrogens with zero attached hydrogens (tertiary/aromatic N) is 3. The van der Waals surface area contributed by atoms with E-state index < -0.39 is 4.92 Å². The average molecular weight is 398 g/mol. The molecule has 1 saturated heterocycles. The SMILES string of the molecule is Cc1ccc2c(c1)[C@H]1CN(C)CC[C@@H]1N2C(=O)CSc1ccc([N+](=O)[O-])cc1. The monoisotopic (exact) mass is 397 g/mol. The Morgan fingerprint density at radius 3 is 2.71 bits per heavy atom. The normalized spacial score (nSPS) is 21.3. The zero-order chi connectivity index (χ0) is 19.8. The molecule has 0 unspecified atom stereocenters. The molecule has 0 bridgehead atoms. The zero-order valence-electron chi connectivity index (χ0n) is 16.0. The highest BCUT2D eigenvalue weighted by Gasteiger charge is 2.43. The average Bonchev–Trinajstić information content (AvgIpc) is 2.99. The minimum Gasteiger partial charge on any atom is -0.308 e. The fourth-order valence-corrected chi connectivity index (χ4v) is 5.04. The van der Waals surface area contributed by atoms with E-state index in [1.165, 1.54) is 35.0 Å². The fourth-order valence-electron chi connectivity index (χ4n) is 4.28. The van der Waals surface area contributed by atoms with E-state index in [0.717, 1.165) is 30.1 Å². The molecular formula is C21H23N3O3S. The quantitative estimate of drug-likeness (QED) is 0.446. The molecule has 2 aromatic rings. The van der Waals surface area contributed by atoms with Crippen molar-refractivity contribution in [2.75, 3.05) is 30.8 Å². The number of likely N-dealkylation sites (tertiary alicyclic amines) is 1. The third-order valence-electron chi connectivity index (χ3n) is 5.63. The Morgan fingerprint density at radius 2 is 2.00 bits per heavy atom. The number of carbonyl (C=O) groups is 1. The van der Waals surface area contributed by atoms with Gasteiger partial charge in [0, 0.05) is 41.2 Å². The molecule has 1 fully saturated rings. The number of benzene rings is 2. The summed E-state index contributed by atoms with van der Waals surface area (Å²) in [7, 11) is 2.14. The molecule has 28 heavy (non-hydrogen) atoms. The molecule has 4 rings (SSSR count). The van der Waals surface area contributed by atoms with Crippen molar-refractivity contribution in [3.8, 4) is 0 Å². The number of nitro groups is 1. The Balaban J connectivity index is 1.52. The molecule has 6 nitrogen and oxygen atoms in total. The Morgan fingerprint density at radius 1 is 1.25 bits per heavy atom. The molecule has 7 heteroatoms. The number of hydrogen-bond donors (Lipinski definition) is 0. The highest BCUT2D eigenvalue weighted by molar-refractivity contribution is 8.00. The van der Waals surface area contributed by atoms with Crippen molar-refractivity contribution in [1.82, 2.24) is 4.90 Å². The molecule has 0 saturated carbocycles. The first-order valence-corrected chi connectivity index (χ1v) is 10.4. The summed E-state index contributed by atoms with van der Waals surface area (Å²) in [6, 6.07) is 13.0. The standard InChI is InChI=1S/C21H23N3O3S/c1-14-3-8-19-17(11-14)18-12-22(2)10-9-20(18)23(19)21(25)13-28-16-6-4-15(5-7-16)24(26)27/h3-8,11,18,20H,9-10,12-13H2,1-2H3/t18-,20+/m1/s1. The van der Waals surface area contributed by atoms with Crippen molar-refractivity contribution in [2.24, 2.45) is 0 Å². The number of likely N-dealkylation sites (N-methyl/N-ethyl adjacent to an activating group) is 1. The second-order valence-electron chi connectivity index (χ2n) is 7.59. The number of carbonyl (C=O) groups excluding carboxylic acids is 1. The molecule has 0 N–H and O–H groups in total. The van der Waals surface area contributed by atoms with E-state index in [1.54, 1.807) is 12.1 Å². The van der Waals surface area contributed by atoms with Crippen molar-refractivity contribution in [2.45, 2.75) is 30.2 Å². The summed E-state index contributed by atoms with van der Waals surface area (Å²) >= 11 is 1.43. The van der Waals surface area contributed by atoms with E-state index in [-0.39, 0.29) is 17.6 Å². The molecule has 0 aromatic heterocycles. The topological polar surface area (TPSA) is 66.7 Å². The third-order valence-corrected chi connectivity index (χ3v) is 6.63. The summed E-state index contributed by atoms with van der Waals surface area (Å²) in [5, 5.41) is 10.8. The lowest BCUT2D eigenvalue weighted by Gasteiger charge is -2.36. The highest BCUT2D eigenvalue weighted by Crippen LogP contribution is 2.45. The van der Waals surface area contributed by atoms with Crippen LogP contribution in [0, 0.1) is 17.0 Å². The van der Waals surface area contributed by atoms with E-state index in [9.17, 15) is 14.9 Å². The maximum Gasteiger partial charge on any atom is 0.269 e. The van der Waals surface area contributed by atoms with Crippen LogP contribution >= 0.6 is 11.8 Å². The number of anilines is 1. The van der Waals surface area contributed by atoms with Crippen LogP contribution in [0.25, 0.3) is 0 Å². The number of piperidine rings is 1. The molecule has 0 aliphatic carbocycles. The van der Waals surface area contributed by atoms with Gasteiger partial charge >= 0.3 is 0 Å². The summed E-state index contributed by atoms with van der Waals surface area (Å²) in [5.74, 6) is 0.789. The van der Waals surface area contributed by atoms with Crippen LogP contribution in [-0.4, -0.2) is 47.7 Å². The van der Waals surface area contributed by atoms with Crippen LogP contribution in [0.5, 0.6) is 0 Å². The van der Waals surface area contributed by atoms with Crippen molar-refractivity contribution in [1.29, 1.82) is 0 Å². The van der Waals surface area contributed by atoms with Gasteiger partial charge in [-0.3, -0.25) is 14.9 Å². The first kappa shape index (κ1) is 19.0. The number of non-ortho nitro benzene ring substituents is 1. The van der Waals surface area contributed by atoms with Crippen molar-refractivity contribution in [3.05, 3.63) is 63.7 Å². The Bertz CT molecular complexity index is 916. The lowest BCUT2D eigenvalue weighted by atomic mass is 9.89. The molecular weight excluding hydrogens is 374 g/mol. The second kappa shape index (κ2) is 7.56. The van der Waals surface area contributed by atoms with Gasteiger partial charge in [-0.15, -0.1) is 11.8 Å². The van der Waals surface area contributed by atoms with Gasteiger partial charge in [-0.25, -0.2) is 0 Å². The fraction of sp³-hybridized carbons (Fsp3) is 0.381. The van der Waals surface area contributed by atoms with Gasteiger partial charge in [0.25, 0.3) is 5.69 Å². The molecule has 146 valence electrons. The first-order chi connectivity index (χ1) is 13.4. The predicted octanol–water partition coefficient (Wildman–Crippen LogP) is 3.83. The largest absolute Gasteiger partial charge is 0.308 e. The maximum absolute atomic E-state index is 13.2. The zero-order valence-corrected chi connectivity index (χ0v) is 16.8. The minimum atomic E-state index is -0.414. The van der Waals surface area contributed by atoms with E-state index in [4.69, 9.17) is 0 Å². The van der Waals surface area contributed by atoms with Crippen LogP contribution in [0.15, 0.2) is 47.4 Å². The lowest BCUT2D eigenvalue weighted by molar-refractivity contribution is -0.384. The van der Waals surface area contributed by atoms with Gasteiger partial charge in [0.2, 0.25) is 5.91 Å². The smallest absolute Gasteiger partial charge is 0.269 e. The Hall–Kier alpha value is -2.38. The van der Waals surface area contributed by atoms with Gasteiger partial charge < -0.3 is 9.80 Å². The highest BCUT2D eigenvalue weighted by atomic mass is 32.2. The number of rotatable bonds is 4.